The van der Waals surface area contributed by atoms with Gasteiger partial charge in [0.1, 0.15) is 5.56 Å². The van der Waals surface area contributed by atoms with Crippen LogP contribution in [0.5, 0.6) is 0 Å². The molecule has 134 valence electrons. The first-order valence-electron chi connectivity index (χ1n) is 9.29. The minimum absolute atomic E-state index is 0.0768. The Morgan fingerprint density at radius 3 is 2.64 bits per heavy atom. The lowest BCUT2D eigenvalue weighted by atomic mass is 10.1. The molecule has 0 unspecified atom stereocenters. The lowest BCUT2D eigenvalue weighted by Gasteiger charge is -2.35. The number of hydrogen-bond donors (Lipinski definition) is 1. The minimum atomic E-state index is 0.0768. The summed E-state index contributed by atoms with van der Waals surface area (Å²) < 4.78 is 1.75. The second-order valence-corrected chi connectivity index (χ2v) is 7.01. The predicted molar refractivity (Wildman–Crippen MR) is 95.5 cm³/mol. The lowest BCUT2D eigenvalue weighted by molar-refractivity contribution is 0.0621. The quantitative estimate of drug-likeness (QED) is 0.883. The van der Waals surface area contributed by atoms with Gasteiger partial charge in [0, 0.05) is 49.7 Å². The highest BCUT2D eigenvalue weighted by Crippen LogP contribution is 2.29. The molecule has 2 aliphatic rings. The van der Waals surface area contributed by atoms with Crippen LogP contribution in [0.3, 0.4) is 0 Å². The number of hydrogen-bond acceptors (Lipinski definition) is 5. The number of piperazine rings is 1. The van der Waals surface area contributed by atoms with Crippen molar-refractivity contribution in [1.82, 2.24) is 29.7 Å². The monoisotopic (exact) mass is 342 g/mol. The average molecular weight is 342 g/mol. The Hall–Kier alpha value is -1.99. The molecule has 2 aliphatic heterocycles. The normalized spacial score (nSPS) is 22.9. The first-order valence-corrected chi connectivity index (χ1v) is 9.29. The summed E-state index contributed by atoms with van der Waals surface area (Å²) in [5.41, 5.74) is 2.39. The van der Waals surface area contributed by atoms with E-state index >= 15 is 0 Å². The van der Waals surface area contributed by atoms with E-state index in [0.29, 0.717) is 23.3 Å². The van der Waals surface area contributed by atoms with Crippen LogP contribution in [-0.4, -0.2) is 68.6 Å². The number of aromatic nitrogens is 3. The van der Waals surface area contributed by atoms with E-state index in [1.807, 2.05) is 12.4 Å². The highest BCUT2D eigenvalue weighted by Gasteiger charge is 2.40. The van der Waals surface area contributed by atoms with Gasteiger partial charge in [-0.1, -0.05) is 13.8 Å². The van der Waals surface area contributed by atoms with E-state index in [2.05, 4.69) is 39.0 Å². The molecule has 7 nitrogen and oxygen atoms in total. The Bertz CT molecular complexity index is 752. The molecule has 2 fully saturated rings. The van der Waals surface area contributed by atoms with Gasteiger partial charge in [-0.2, -0.15) is 5.10 Å². The van der Waals surface area contributed by atoms with E-state index in [9.17, 15) is 4.79 Å². The Morgan fingerprint density at radius 2 is 1.96 bits per heavy atom. The fraction of sp³-hybridized carbons (Fsp3) is 0.611. The summed E-state index contributed by atoms with van der Waals surface area (Å²) in [7, 11) is 0. The third-order valence-corrected chi connectivity index (χ3v) is 5.56. The highest BCUT2D eigenvalue weighted by molar-refractivity contribution is 6.00. The first kappa shape index (κ1) is 16.5. The number of rotatable bonds is 5. The molecule has 2 aromatic rings. The average Bonchev–Trinajstić information content (AvgIpc) is 3.16. The van der Waals surface area contributed by atoms with Gasteiger partial charge in [0.2, 0.25) is 0 Å². The Balaban J connectivity index is 1.60. The van der Waals surface area contributed by atoms with Gasteiger partial charge in [-0.3, -0.25) is 9.69 Å². The Morgan fingerprint density at radius 1 is 1.24 bits per heavy atom. The lowest BCUT2D eigenvalue weighted by Crippen LogP contribution is -2.54. The molecule has 2 atom stereocenters. The zero-order valence-corrected chi connectivity index (χ0v) is 15.0. The summed E-state index contributed by atoms with van der Waals surface area (Å²) in [6.45, 7) is 8.95. The summed E-state index contributed by atoms with van der Waals surface area (Å²) in [6.07, 6.45) is 7.71. The summed E-state index contributed by atoms with van der Waals surface area (Å²) >= 11 is 0. The molecule has 0 spiro atoms. The van der Waals surface area contributed by atoms with E-state index in [0.717, 1.165) is 51.1 Å². The van der Waals surface area contributed by atoms with Gasteiger partial charge in [0.15, 0.2) is 5.65 Å². The van der Waals surface area contributed by atoms with E-state index in [1.165, 1.54) is 0 Å². The van der Waals surface area contributed by atoms with Gasteiger partial charge >= 0.3 is 0 Å². The molecule has 1 N–H and O–H groups in total. The Kier molecular flexibility index (Phi) is 4.43. The second kappa shape index (κ2) is 6.72. The van der Waals surface area contributed by atoms with Crippen molar-refractivity contribution in [2.45, 2.75) is 45.3 Å². The molecule has 0 aromatic carbocycles. The van der Waals surface area contributed by atoms with Crippen molar-refractivity contribution >= 4 is 11.6 Å². The number of carbonyl (C=O) groups excluding carboxylic acids is 1. The summed E-state index contributed by atoms with van der Waals surface area (Å²) in [5, 5.41) is 7.81. The molecular weight excluding hydrogens is 316 g/mol. The molecule has 0 saturated carbocycles. The predicted octanol–water partition coefficient (Wildman–Crippen LogP) is 1.15. The number of fused-ring (bicyclic) bond motifs is 3. The van der Waals surface area contributed by atoms with Crippen LogP contribution in [0.15, 0.2) is 18.6 Å². The third kappa shape index (κ3) is 2.91. The fourth-order valence-corrected chi connectivity index (χ4v) is 4.10. The van der Waals surface area contributed by atoms with Crippen LogP contribution in [0.2, 0.25) is 0 Å². The summed E-state index contributed by atoms with van der Waals surface area (Å²) in [5.74, 6) is 0.0768. The molecule has 4 rings (SSSR count). The van der Waals surface area contributed by atoms with Crippen molar-refractivity contribution in [3.8, 4) is 0 Å². The van der Waals surface area contributed by atoms with Gasteiger partial charge in [-0.25, -0.2) is 9.50 Å². The summed E-state index contributed by atoms with van der Waals surface area (Å²) in [4.78, 5) is 22.0. The highest BCUT2D eigenvalue weighted by atomic mass is 16.2. The molecule has 4 heterocycles. The van der Waals surface area contributed by atoms with E-state index in [-0.39, 0.29) is 5.91 Å². The first-order chi connectivity index (χ1) is 12.2. The Labute approximate surface area is 148 Å². The fourth-order valence-electron chi connectivity index (χ4n) is 4.10. The molecule has 2 aromatic heterocycles. The standard InChI is InChI=1S/C18H26N6O/c1-3-22(4-2)11-13-7-20-17-16(10-21-23(17)12-13)18(25)24-14-5-6-15(24)9-19-8-14/h7,10,12,14-15,19H,3-6,8-9,11H2,1-2H3/t14-,15+. The SMILES string of the molecule is CCN(CC)Cc1cnc2c(C(=O)N3[C@@H]4CC[C@H]3CNC4)cnn2c1. The maximum atomic E-state index is 13.1. The van der Waals surface area contributed by atoms with Crippen LogP contribution in [0.25, 0.3) is 5.65 Å². The summed E-state index contributed by atoms with van der Waals surface area (Å²) in [6, 6.07) is 0.617. The van der Waals surface area contributed by atoms with Crippen molar-refractivity contribution in [2.24, 2.45) is 0 Å². The van der Waals surface area contributed by atoms with E-state index in [1.54, 1.807) is 10.7 Å². The van der Waals surface area contributed by atoms with Gasteiger partial charge in [0.05, 0.1) is 6.20 Å². The topological polar surface area (TPSA) is 65.8 Å². The number of carbonyl (C=O) groups is 1. The van der Waals surface area contributed by atoms with Crippen molar-refractivity contribution in [3.63, 3.8) is 0 Å². The largest absolute Gasteiger partial charge is 0.330 e. The molecule has 2 saturated heterocycles. The third-order valence-electron chi connectivity index (χ3n) is 5.56. The van der Waals surface area contributed by atoms with Gasteiger partial charge < -0.3 is 10.2 Å². The minimum Gasteiger partial charge on any atom is -0.330 e. The van der Waals surface area contributed by atoms with Crippen LogP contribution in [0.4, 0.5) is 0 Å². The zero-order chi connectivity index (χ0) is 17.4. The maximum Gasteiger partial charge on any atom is 0.259 e. The van der Waals surface area contributed by atoms with Crippen LogP contribution < -0.4 is 5.32 Å². The smallest absolute Gasteiger partial charge is 0.259 e. The van der Waals surface area contributed by atoms with Crippen molar-refractivity contribution in [1.29, 1.82) is 0 Å². The van der Waals surface area contributed by atoms with Crippen molar-refractivity contribution in [3.05, 3.63) is 29.7 Å². The second-order valence-electron chi connectivity index (χ2n) is 7.01. The molecule has 1 amide bonds. The molecule has 25 heavy (non-hydrogen) atoms. The molecular formula is C18H26N6O. The number of nitrogens with zero attached hydrogens (tertiary/aromatic N) is 5. The zero-order valence-electron chi connectivity index (χ0n) is 15.0. The van der Waals surface area contributed by atoms with Gasteiger partial charge in [-0.05, 0) is 25.9 Å². The molecule has 0 aliphatic carbocycles. The van der Waals surface area contributed by atoms with E-state index < -0.39 is 0 Å². The van der Waals surface area contributed by atoms with Crippen LogP contribution in [-0.2, 0) is 6.54 Å². The molecule has 2 bridgehead atoms. The maximum absolute atomic E-state index is 13.1. The van der Waals surface area contributed by atoms with Gasteiger partial charge in [-0.15, -0.1) is 0 Å². The number of nitrogens with one attached hydrogen (secondary N) is 1. The van der Waals surface area contributed by atoms with Gasteiger partial charge in [0.25, 0.3) is 5.91 Å². The van der Waals surface area contributed by atoms with E-state index in [4.69, 9.17) is 0 Å². The van der Waals surface area contributed by atoms with Crippen LogP contribution >= 0.6 is 0 Å². The number of amides is 1. The van der Waals surface area contributed by atoms with Crippen molar-refractivity contribution in [2.75, 3.05) is 26.2 Å². The van der Waals surface area contributed by atoms with Crippen molar-refractivity contribution < 1.29 is 4.79 Å². The molecule has 0 radical (unpaired) electrons. The molecule has 7 heteroatoms. The van der Waals surface area contributed by atoms with Crippen LogP contribution in [0, 0.1) is 0 Å². The van der Waals surface area contributed by atoms with Crippen LogP contribution in [0.1, 0.15) is 42.6 Å².